The number of benzene rings is 1. The maximum atomic E-state index is 13.4. The third kappa shape index (κ3) is 6.01. The zero-order chi connectivity index (χ0) is 24.3. The predicted molar refractivity (Wildman–Crippen MR) is 132 cm³/mol. The molecule has 178 valence electrons. The van der Waals surface area contributed by atoms with Gasteiger partial charge in [-0.2, -0.15) is 0 Å². The van der Waals surface area contributed by atoms with Gasteiger partial charge in [-0.15, -0.1) is 0 Å². The minimum absolute atomic E-state index is 0.0174. The Morgan fingerprint density at radius 1 is 1.09 bits per heavy atom. The van der Waals surface area contributed by atoms with Gasteiger partial charge in [-0.25, -0.2) is 4.79 Å². The summed E-state index contributed by atoms with van der Waals surface area (Å²) in [5.74, 6) is 0.000946. The van der Waals surface area contributed by atoms with E-state index in [1.165, 1.54) is 10.6 Å². The van der Waals surface area contributed by atoms with E-state index in [4.69, 9.17) is 0 Å². The van der Waals surface area contributed by atoms with Gasteiger partial charge in [0.25, 0.3) is 5.56 Å². The molecule has 3 rings (SSSR count). The molecule has 0 bridgehead atoms. The summed E-state index contributed by atoms with van der Waals surface area (Å²) in [4.78, 5) is 39.0. The minimum Gasteiger partial charge on any atom is -0.480 e. The van der Waals surface area contributed by atoms with Crippen LogP contribution in [0.25, 0.3) is 11.3 Å². The number of aliphatic carboxylic acids is 1. The Labute approximate surface area is 196 Å². The van der Waals surface area contributed by atoms with Crippen molar-refractivity contribution in [3.05, 3.63) is 57.9 Å². The molecule has 5 nitrogen and oxygen atoms in total. The van der Waals surface area contributed by atoms with Gasteiger partial charge >= 0.3 is 5.97 Å². The molecule has 1 unspecified atom stereocenters. The van der Waals surface area contributed by atoms with Crippen LogP contribution in [0.3, 0.4) is 0 Å². The van der Waals surface area contributed by atoms with Crippen molar-refractivity contribution in [1.29, 1.82) is 0 Å². The minimum atomic E-state index is -1.04. The summed E-state index contributed by atoms with van der Waals surface area (Å²) in [6.07, 6.45) is 5.11. The Morgan fingerprint density at radius 2 is 1.70 bits per heavy atom. The number of rotatable bonds is 7. The fourth-order valence-electron chi connectivity index (χ4n) is 5.04. The van der Waals surface area contributed by atoms with E-state index < -0.39 is 17.6 Å². The summed E-state index contributed by atoms with van der Waals surface area (Å²) in [6.45, 7) is 9.98. The van der Waals surface area contributed by atoms with Gasteiger partial charge in [0.15, 0.2) is 5.78 Å². The summed E-state index contributed by atoms with van der Waals surface area (Å²) in [5.41, 5.74) is 1.64. The van der Waals surface area contributed by atoms with Gasteiger partial charge in [0.2, 0.25) is 0 Å². The van der Waals surface area contributed by atoms with Crippen LogP contribution >= 0.6 is 0 Å². The van der Waals surface area contributed by atoms with Gasteiger partial charge in [-0.1, -0.05) is 70.9 Å². The number of aromatic nitrogens is 1. The van der Waals surface area contributed by atoms with Gasteiger partial charge < -0.3 is 5.11 Å². The maximum absolute atomic E-state index is 13.4. The Hall–Kier alpha value is -2.69. The molecule has 33 heavy (non-hydrogen) atoms. The predicted octanol–water partition coefficient (Wildman–Crippen LogP) is 6.28. The topological polar surface area (TPSA) is 76.4 Å². The molecule has 1 aromatic heterocycles. The van der Waals surface area contributed by atoms with Crippen molar-refractivity contribution in [3.8, 4) is 11.3 Å². The number of carbonyl (C=O) groups is 2. The highest BCUT2D eigenvalue weighted by molar-refractivity contribution is 5.99. The van der Waals surface area contributed by atoms with Crippen LogP contribution in [-0.4, -0.2) is 21.4 Å². The van der Waals surface area contributed by atoms with Crippen LogP contribution in [0.4, 0.5) is 0 Å². The van der Waals surface area contributed by atoms with Crippen molar-refractivity contribution in [2.75, 3.05) is 0 Å². The molecule has 1 aliphatic rings. The average molecular weight is 452 g/mol. The zero-order valence-electron chi connectivity index (χ0n) is 20.6. The molecule has 1 N–H and O–H groups in total. The lowest BCUT2D eigenvalue weighted by molar-refractivity contribution is -0.141. The van der Waals surface area contributed by atoms with Gasteiger partial charge in [-0.3, -0.25) is 14.2 Å². The second-order valence-corrected chi connectivity index (χ2v) is 11.0. The number of ketones is 1. The molecule has 1 fully saturated rings. The molecule has 1 heterocycles. The van der Waals surface area contributed by atoms with Gasteiger partial charge in [0.1, 0.15) is 6.04 Å². The molecule has 0 amide bonds. The molecule has 1 aromatic carbocycles. The second-order valence-electron chi connectivity index (χ2n) is 11.0. The van der Waals surface area contributed by atoms with Gasteiger partial charge in [0.05, 0.1) is 5.69 Å². The molecular formula is C28H37NO4. The highest BCUT2D eigenvalue weighted by Crippen LogP contribution is 2.35. The molecular weight excluding hydrogens is 414 g/mol. The maximum Gasteiger partial charge on any atom is 0.326 e. The second kappa shape index (κ2) is 10.1. The Kier molecular flexibility index (Phi) is 7.61. The first-order valence-corrected chi connectivity index (χ1v) is 12.1. The van der Waals surface area contributed by atoms with E-state index in [0.717, 1.165) is 31.2 Å². The quantitative estimate of drug-likeness (QED) is 0.502. The van der Waals surface area contributed by atoms with Crippen molar-refractivity contribution < 1.29 is 14.7 Å². The Balaban J connectivity index is 2.12. The van der Waals surface area contributed by atoms with Crippen molar-refractivity contribution >= 4 is 11.8 Å². The van der Waals surface area contributed by atoms with E-state index in [-0.39, 0.29) is 11.2 Å². The first kappa shape index (κ1) is 24.9. The Bertz CT molecular complexity index is 1050. The third-order valence-corrected chi connectivity index (χ3v) is 6.86. The number of hydrogen-bond donors (Lipinski definition) is 1. The summed E-state index contributed by atoms with van der Waals surface area (Å²) < 4.78 is 1.39. The molecule has 0 saturated heterocycles. The van der Waals surface area contributed by atoms with Crippen LogP contribution < -0.4 is 5.56 Å². The first-order valence-electron chi connectivity index (χ1n) is 12.1. The smallest absolute Gasteiger partial charge is 0.326 e. The van der Waals surface area contributed by atoms with Crippen LogP contribution in [0.1, 0.15) is 88.2 Å². The lowest BCUT2D eigenvalue weighted by atomic mass is 9.79. The average Bonchev–Trinajstić information content (AvgIpc) is 2.74. The first-order chi connectivity index (χ1) is 15.5. The molecule has 0 spiro atoms. The van der Waals surface area contributed by atoms with Crippen molar-refractivity contribution in [2.24, 2.45) is 17.3 Å². The summed E-state index contributed by atoms with van der Waals surface area (Å²) in [6, 6.07) is 9.69. The van der Waals surface area contributed by atoms with Crippen LogP contribution in [0.5, 0.6) is 0 Å². The highest BCUT2D eigenvalue weighted by Gasteiger charge is 2.31. The molecule has 2 aromatic rings. The van der Waals surface area contributed by atoms with Gasteiger partial charge in [0, 0.05) is 18.1 Å². The number of Topliss-reactive ketones (excluding diaryl/α,β-unsaturated/α-hetero) is 1. The lowest BCUT2D eigenvalue weighted by Gasteiger charge is -2.29. The fraction of sp³-hybridized carbons (Fsp3) is 0.536. The van der Waals surface area contributed by atoms with E-state index >= 15 is 0 Å². The van der Waals surface area contributed by atoms with Gasteiger partial charge in [-0.05, 0) is 54.6 Å². The molecule has 0 aliphatic heterocycles. The van der Waals surface area contributed by atoms with Crippen LogP contribution in [0.2, 0.25) is 0 Å². The van der Waals surface area contributed by atoms with Crippen LogP contribution in [-0.2, 0) is 4.79 Å². The number of carbonyl (C=O) groups excluding carboxylic acids is 1. The van der Waals surface area contributed by atoms with Crippen LogP contribution in [0.15, 0.2) is 41.2 Å². The molecule has 1 saturated carbocycles. The van der Waals surface area contributed by atoms with E-state index in [9.17, 15) is 19.5 Å². The fourth-order valence-corrected chi connectivity index (χ4v) is 5.04. The monoisotopic (exact) mass is 451 g/mol. The molecule has 1 atom stereocenters. The van der Waals surface area contributed by atoms with Crippen molar-refractivity contribution in [1.82, 2.24) is 4.57 Å². The van der Waals surface area contributed by atoms with Crippen LogP contribution in [0, 0.1) is 24.2 Å². The number of hydrogen-bond acceptors (Lipinski definition) is 3. The molecule has 0 radical (unpaired) electrons. The zero-order valence-corrected chi connectivity index (χ0v) is 20.6. The Morgan fingerprint density at radius 3 is 2.24 bits per heavy atom. The molecule has 1 aliphatic carbocycles. The van der Waals surface area contributed by atoms with Crippen molar-refractivity contribution in [3.63, 3.8) is 0 Å². The summed E-state index contributed by atoms with van der Waals surface area (Å²) >= 11 is 0. The number of nitrogens with zero attached hydrogens (tertiary/aromatic N) is 1. The number of carboxylic acids is 1. The van der Waals surface area contributed by atoms with E-state index in [1.54, 1.807) is 0 Å². The van der Waals surface area contributed by atoms with E-state index in [0.29, 0.717) is 41.5 Å². The lowest BCUT2D eigenvalue weighted by Crippen LogP contribution is -2.35. The molecule has 5 heteroatoms. The number of carboxylic acid groups (broad SMARTS) is 1. The number of pyridine rings is 1. The van der Waals surface area contributed by atoms with E-state index in [1.807, 2.05) is 58.0 Å². The normalized spacial score (nSPS) is 19.8. The third-order valence-electron chi connectivity index (χ3n) is 6.86. The SMILES string of the molecule is Cc1c(C(=O)CC2CCC(C)CC2)cc(=O)n(C(CC(C)(C)C)C(=O)O)c1-c1ccccc1. The largest absolute Gasteiger partial charge is 0.480 e. The van der Waals surface area contributed by atoms with Crippen molar-refractivity contribution in [2.45, 2.75) is 79.2 Å². The summed E-state index contributed by atoms with van der Waals surface area (Å²) in [7, 11) is 0. The standard InChI is InChI=1S/C28H37NO4/c1-18-11-13-20(14-12-18)15-24(30)22-16-25(31)29(23(27(32)33)17-28(3,4)5)26(19(22)2)21-9-7-6-8-10-21/h6-10,16,18,20,23H,11-15,17H2,1-5H3,(H,32,33). The van der Waals surface area contributed by atoms with E-state index in [2.05, 4.69) is 6.92 Å². The highest BCUT2D eigenvalue weighted by atomic mass is 16.4. The summed E-state index contributed by atoms with van der Waals surface area (Å²) in [5, 5.41) is 10.1.